The first kappa shape index (κ1) is 23.7. The standard InChI is InChI=1S/C25H23N3O4S2/c1-19-12-14-22(15-13-19)34(30,31)18-23-26-27-25(28(23)21-10-6-3-7-11-21)33-17-24(29)32-16-20-8-4-2-5-9-20/h2-15H,16-18H2,1H3. The van der Waals surface area contributed by atoms with Crippen LogP contribution in [0.15, 0.2) is 95.0 Å². The number of aryl methyl sites for hydroxylation is 1. The van der Waals surface area contributed by atoms with Crippen LogP contribution in [0.4, 0.5) is 0 Å². The van der Waals surface area contributed by atoms with Crippen LogP contribution < -0.4 is 0 Å². The zero-order valence-corrected chi connectivity index (χ0v) is 20.1. The molecule has 0 fully saturated rings. The third kappa shape index (κ3) is 5.92. The van der Waals surface area contributed by atoms with E-state index >= 15 is 0 Å². The van der Waals surface area contributed by atoms with Crippen molar-refractivity contribution >= 4 is 27.6 Å². The Kier molecular flexibility index (Phi) is 7.44. The number of hydrogen-bond acceptors (Lipinski definition) is 7. The number of hydrogen-bond donors (Lipinski definition) is 0. The number of nitrogens with zero attached hydrogens (tertiary/aromatic N) is 3. The van der Waals surface area contributed by atoms with Gasteiger partial charge < -0.3 is 4.74 Å². The van der Waals surface area contributed by atoms with E-state index in [1.165, 1.54) is 0 Å². The highest BCUT2D eigenvalue weighted by Gasteiger charge is 2.23. The molecular formula is C25H23N3O4S2. The zero-order chi connectivity index (χ0) is 24.0. The normalized spacial score (nSPS) is 11.3. The van der Waals surface area contributed by atoms with Gasteiger partial charge in [-0.3, -0.25) is 9.36 Å². The van der Waals surface area contributed by atoms with Crippen LogP contribution in [-0.4, -0.2) is 34.9 Å². The molecule has 0 saturated carbocycles. The molecule has 0 spiro atoms. The minimum Gasteiger partial charge on any atom is -0.460 e. The number of esters is 1. The molecule has 7 nitrogen and oxygen atoms in total. The summed E-state index contributed by atoms with van der Waals surface area (Å²) in [6, 6.07) is 25.4. The van der Waals surface area contributed by atoms with Crippen molar-refractivity contribution in [1.29, 1.82) is 0 Å². The lowest BCUT2D eigenvalue weighted by Gasteiger charge is -2.11. The number of carbonyl (C=O) groups is 1. The summed E-state index contributed by atoms with van der Waals surface area (Å²) in [5.41, 5.74) is 2.59. The summed E-state index contributed by atoms with van der Waals surface area (Å²) < 4.78 is 33.1. The molecule has 0 aliphatic rings. The third-order valence-electron chi connectivity index (χ3n) is 4.98. The van der Waals surface area contributed by atoms with Crippen LogP contribution >= 0.6 is 11.8 Å². The molecule has 3 aromatic carbocycles. The Hall–Kier alpha value is -3.43. The molecule has 174 valence electrons. The van der Waals surface area contributed by atoms with Crippen molar-refractivity contribution in [3.8, 4) is 5.69 Å². The van der Waals surface area contributed by atoms with Gasteiger partial charge in [0.05, 0.1) is 10.6 Å². The first-order valence-corrected chi connectivity index (χ1v) is 13.2. The summed E-state index contributed by atoms with van der Waals surface area (Å²) in [6.07, 6.45) is 0. The summed E-state index contributed by atoms with van der Waals surface area (Å²) in [7, 11) is -3.64. The van der Waals surface area contributed by atoms with Crippen molar-refractivity contribution in [3.05, 3.63) is 102 Å². The van der Waals surface area contributed by atoms with Crippen molar-refractivity contribution in [3.63, 3.8) is 0 Å². The fourth-order valence-corrected chi connectivity index (χ4v) is 5.24. The van der Waals surface area contributed by atoms with Gasteiger partial charge in [0.2, 0.25) is 0 Å². The quantitative estimate of drug-likeness (QED) is 0.252. The van der Waals surface area contributed by atoms with Crippen LogP contribution in [0.3, 0.4) is 0 Å². The predicted molar refractivity (Wildman–Crippen MR) is 130 cm³/mol. The summed E-state index contributed by atoms with van der Waals surface area (Å²) in [4.78, 5) is 12.5. The highest BCUT2D eigenvalue weighted by molar-refractivity contribution is 7.99. The number of aromatic nitrogens is 3. The van der Waals surface area contributed by atoms with E-state index in [1.807, 2.05) is 67.6 Å². The summed E-state index contributed by atoms with van der Waals surface area (Å²) in [5, 5.41) is 8.75. The largest absolute Gasteiger partial charge is 0.460 e. The number of thioether (sulfide) groups is 1. The van der Waals surface area contributed by atoms with Gasteiger partial charge in [-0.15, -0.1) is 10.2 Å². The van der Waals surface area contributed by atoms with Gasteiger partial charge in [-0.1, -0.05) is 78.0 Å². The van der Waals surface area contributed by atoms with E-state index in [2.05, 4.69) is 10.2 Å². The van der Waals surface area contributed by atoms with Gasteiger partial charge in [0.1, 0.15) is 12.4 Å². The number of sulfone groups is 1. The Labute approximate surface area is 202 Å². The monoisotopic (exact) mass is 493 g/mol. The van der Waals surface area contributed by atoms with Crippen molar-refractivity contribution < 1.29 is 17.9 Å². The van der Waals surface area contributed by atoms with Crippen molar-refractivity contribution in [1.82, 2.24) is 14.8 Å². The summed E-state index contributed by atoms with van der Waals surface area (Å²) >= 11 is 1.15. The minimum atomic E-state index is -3.64. The molecule has 0 atom stereocenters. The topological polar surface area (TPSA) is 91.2 Å². The van der Waals surface area contributed by atoms with E-state index in [0.29, 0.717) is 10.8 Å². The fourth-order valence-electron chi connectivity index (χ4n) is 3.23. The third-order valence-corrected chi connectivity index (χ3v) is 7.51. The Bertz CT molecular complexity index is 1350. The van der Waals surface area contributed by atoms with Gasteiger partial charge in [0.25, 0.3) is 0 Å². The van der Waals surface area contributed by atoms with E-state index < -0.39 is 15.8 Å². The van der Waals surface area contributed by atoms with E-state index in [9.17, 15) is 13.2 Å². The molecular weight excluding hydrogens is 470 g/mol. The van der Waals surface area contributed by atoms with Gasteiger partial charge in [0, 0.05) is 5.69 Å². The van der Waals surface area contributed by atoms with E-state index in [4.69, 9.17) is 4.74 Å². The number of carbonyl (C=O) groups excluding carboxylic acids is 1. The highest BCUT2D eigenvalue weighted by Crippen LogP contribution is 2.25. The average molecular weight is 494 g/mol. The van der Waals surface area contributed by atoms with Crippen LogP contribution in [0, 0.1) is 6.92 Å². The zero-order valence-electron chi connectivity index (χ0n) is 18.5. The van der Waals surface area contributed by atoms with Crippen LogP contribution in [0.25, 0.3) is 5.69 Å². The summed E-state index contributed by atoms with van der Waals surface area (Å²) in [5.74, 6) is -0.434. The van der Waals surface area contributed by atoms with Crippen LogP contribution in [0.1, 0.15) is 17.0 Å². The molecule has 0 amide bonds. The van der Waals surface area contributed by atoms with Crippen molar-refractivity contribution in [2.24, 2.45) is 0 Å². The van der Waals surface area contributed by atoms with E-state index in [0.717, 1.165) is 22.9 Å². The maximum absolute atomic E-state index is 13.0. The number of benzene rings is 3. The molecule has 34 heavy (non-hydrogen) atoms. The molecule has 0 N–H and O–H groups in total. The van der Waals surface area contributed by atoms with Gasteiger partial charge in [0.15, 0.2) is 20.8 Å². The number of ether oxygens (including phenoxy) is 1. The molecule has 9 heteroatoms. The second kappa shape index (κ2) is 10.7. The van der Waals surface area contributed by atoms with Crippen LogP contribution in [-0.2, 0) is 31.7 Å². The highest BCUT2D eigenvalue weighted by atomic mass is 32.2. The van der Waals surface area contributed by atoms with Gasteiger partial charge in [-0.05, 0) is 36.8 Å². The molecule has 1 heterocycles. The second-order valence-corrected chi connectivity index (χ2v) is 10.5. The first-order valence-electron chi connectivity index (χ1n) is 10.5. The molecule has 4 aromatic rings. The van der Waals surface area contributed by atoms with Gasteiger partial charge in [-0.25, -0.2) is 8.42 Å². The molecule has 1 aromatic heterocycles. The number of rotatable bonds is 9. The molecule has 0 aliphatic heterocycles. The predicted octanol–water partition coefficient (Wildman–Crippen LogP) is 4.39. The van der Waals surface area contributed by atoms with E-state index in [-0.39, 0.29) is 28.8 Å². The molecule has 4 rings (SSSR count). The average Bonchev–Trinajstić information content (AvgIpc) is 3.24. The Morgan fingerprint density at radius 2 is 1.56 bits per heavy atom. The van der Waals surface area contributed by atoms with E-state index in [1.54, 1.807) is 28.8 Å². The lowest BCUT2D eigenvalue weighted by molar-refractivity contribution is -0.141. The molecule has 0 bridgehead atoms. The molecule has 0 unspecified atom stereocenters. The second-order valence-electron chi connectivity index (χ2n) is 7.58. The minimum absolute atomic E-state index is 0.0164. The molecule has 0 saturated heterocycles. The molecule has 0 radical (unpaired) electrons. The Morgan fingerprint density at radius 3 is 2.24 bits per heavy atom. The lowest BCUT2D eigenvalue weighted by Crippen LogP contribution is -2.12. The smallest absolute Gasteiger partial charge is 0.316 e. The summed E-state index contributed by atoms with van der Waals surface area (Å²) in [6.45, 7) is 2.09. The number of para-hydroxylation sites is 1. The molecule has 0 aliphatic carbocycles. The maximum atomic E-state index is 13.0. The lowest BCUT2D eigenvalue weighted by atomic mass is 10.2. The van der Waals surface area contributed by atoms with Crippen molar-refractivity contribution in [2.45, 2.75) is 29.3 Å². The Morgan fingerprint density at radius 1 is 0.912 bits per heavy atom. The maximum Gasteiger partial charge on any atom is 0.316 e. The van der Waals surface area contributed by atoms with Gasteiger partial charge >= 0.3 is 5.97 Å². The van der Waals surface area contributed by atoms with Crippen LogP contribution in [0.5, 0.6) is 0 Å². The Balaban J connectivity index is 1.53. The van der Waals surface area contributed by atoms with Crippen molar-refractivity contribution in [2.75, 3.05) is 5.75 Å². The van der Waals surface area contributed by atoms with Crippen LogP contribution in [0.2, 0.25) is 0 Å². The van der Waals surface area contributed by atoms with Gasteiger partial charge in [-0.2, -0.15) is 0 Å². The SMILES string of the molecule is Cc1ccc(S(=O)(=O)Cc2nnc(SCC(=O)OCc3ccccc3)n2-c2ccccc2)cc1. The fraction of sp³-hybridized carbons (Fsp3) is 0.160. The first-order chi connectivity index (χ1) is 16.4.